The summed E-state index contributed by atoms with van der Waals surface area (Å²) in [5.74, 6) is 0. The summed E-state index contributed by atoms with van der Waals surface area (Å²) in [5.41, 5.74) is 1.36. The number of hydrogen-bond acceptors (Lipinski definition) is 2. The van der Waals surface area contributed by atoms with Gasteiger partial charge in [-0.1, -0.05) is 37.3 Å². The monoisotopic (exact) mass is 254 g/mol. The van der Waals surface area contributed by atoms with Crippen molar-refractivity contribution in [3.8, 4) is 0 Å². The van der Waals surface area contributed by atoms with Crippen LogP contribution >= 0.6 is 0 Å². The Kier molecular flexibility index (Phi) is 3.69. The molecular formula is C17H22N2. The van der Waals surface area contributed by atoms with Crippen molar-refractivity contribution in [2.75, 3.05) is 24.5 Å². The van der Waals surface area contributed by atoms with E-state index in [2.05, 4.69) is 59.6 Å². The van der Waals surface area contributed by atoms with Gasteiger partial charge in [0.15, 0.2) is 0 Å². The average Bonchev–Trinajstić information content (AvgIpc) is 2.93. The van der Waals surface area contributed by atoms with Crippen molar-refractivity contribution in [2.45, 2.75) is 25.8 Å². The minimum atomic E-state index is 0.659. The van der Waals surface area contributed by atoms with Gasteiger partial charge in [-0.2, -0.15) is 0 Å². The van der Waals surface area contributed by atoms with Crippen LogP contribution in [0.5, 0.6) is 0 Å². The first-order valence-corrected chi connectivity index (χ1v) is 7.34. The van der Waals surface area contributed by atoms with Crippen LogP contribution in [0.15, 0.2) is 42.5 Å². The molecule has 2 heteroatoms. The van der Waals surface area contributed by atoms with Crippen LogP contribution in [-0.4, -0.2) is 25.7 Å². The van der Waals surface area contributed by atoms with Gasteiger partial charge in [0, 0.05) is 24.8 Å². The van der Waals surface area contributed by atoms with E-state index in [-0.39, 0.29) is 0 Å². The number of hydrogen-bond donors (Lipinski definition) is 1. The van der Waals surface area contributed by atoms with Gasteiger partial charge in [0.1, 0.15) is 0 Å². The lowest BCUT2D eigenvalue weighted by molar-refractivity contribution is 0.549. The maximum atomic E-state index is 3.63. The summed E-state index contributed by atoms with van der Waals surface area (Å²) in [7, 11) is 0. The third-order valence-corrected chi connectivity index (χ3v) is 3.97. The van der Waals surface area contributed by atoms with Gasteiger partial charge < -0.3 is 10.2 Å². The smallest absolute Gasteiger partial charge is 0.0373 e. The Labute approximate surface area is 115 Å². The van der Waals surface area contributed by atoms with E-state index in [0.717, 1.165) is 13.1 Å². The molecule has 0 aromatic heterocycles. The number of anilines is 1. The lowest BCUT2D eigenvalue weighted by Gasteiger charge is -2.19. The van der Waals surface area contributed by atoms with Crippen molar-refractivity contribution in [3.63, 3.8) is 0 Å². The molecule has 1 aliphatic heterocycles. The second-order valence-corrected chi connectivity index (χ2v) is 5.42. The normalized spacial score (nSPS) is 19.2. The van der Waals surface area contributed by atoms with Crippen LogP contribution in [0.4, 0.5) is 5.69 Å². The largest absolute Gasteiger partial charge is 0.370 e. The molecule has 0 saturated carbocycles. The van der Waals surface area contributed by atoms with Crippen LogP contribution in [0.2, 0.25) is 0 Å². The highest BCUT2D eigenvalue weighted by atomic mass is 15.2. The Morgan fingerprint density at radius 2 is 2.00 bits per heavy atom. The molecule has 3 rings (SSSR count). The minimum absolute atomic E-state index is 0.659. The molecule has 0 spiro atoms. The lowest BCUT2D eigenvalue weighted by atomic mass is 10.1. The van der Waals surface area contributed by atoms with E-state index in [0.29, 0.717) is 6.04 Å². The Morgan fingerprint density at radius 3 is 2.84 bits per heavy atom. The molecule has 19 heavy (non-hydrogen) atoms. The number of fused-ring (bicyclic) bond motifs is 1. The Bertz CT molecular complexity index is 550. The molecule has 1 heterocycles. The average molecular weight is 254 g/mol. The third kappa shape index (κ3) is 2.74. The summed E-state index contributed by atoms with van der Waals surface area (Å²) in [6.45, 7) is 5.66. The number of rotatable bonds is 4. The zero-order chi connectivity index (χ0) is 13.1. The zero-order valence-corrected chi connectivity index (χ0v) is 11.6. The molecule has 1 aliphatic rings. The molecule has 2 aromatic rings. The molecule has 0 bridgehead atoms. The van der Waals surface area contributed by atoms with Gasteiger partial charge >= 0.3 is 0 Å². The molecule has 2 aromatic carbocycles. The van der Waals surface area contributed by atoms with Crippen LogP contribution < -0.4 is 10.2 Å². The van der Waals surface area contributed by atoms with Crippen LogP contribution in [0.3, 0.4) is 0 Å². The van der Waals surface area contributed by atoms with Gasteiger partial charge in [-0.05, 0) is 42.3 Å². The SMILES string of the molecule is CCCNC1CCN(c2ccc3ccccc3c2)C1. The summed E-state index contributed by atoms with van der Waals surface area (Å²) in [6.07, 6.45) is 2.47. The lowest BCUT2D eigenvalue weighted by Crippen LogP contribution is -2.32. The van der Waals surface area contributed by atoms with Gasteiger partial charge in [-0.25, -0.2) is 0 Å². The standard InChI is InChI=1S/C17H22N2/c1-2-10-18-16-9-11-19(13-16)17-8-7-14-5-3-4-6-15(14)12-17/h3-8,12,16,18H,2,9-11,13H2,1H3. The highest BCUT2D eigenvalue weighted by Crippen LogP contribution is 2.25. The molecule has 0 radical (unpaired) electrons. The predicted octanol–water partition coefficient (Wildman–Crippen LogP) is 3.42. The van der Waals surface area contributed by atoms with Crippen LogP contribution in [-0.2, 0) is 0 Å². The van der Waals surface area contributed by atoms with E-state index >= 15 is 0 Å². The maximum Gasteiger partial charge on any atom is 0.0373 e. The van der Waals surface area contributed by atoms with E-state index < -0.39 is 0 Å². The number of nitrogens with one attached hydrogen (secondary N) is 1. The molecule has 1 fully saturated rings. The van der Waals surface area contributed by atoms with Crippen LogP contribution in [0.25, 0.3) is 10.8 Å². The fraction of sp³-hybridized carbons (Fsp3) is 0.412. The number of nitrogens with zero attached hydrogens (tertiary/aromatic N) is 1. The predicted molar refractivity (Wildman–Crippen MR) is 82.9 cm³/mol. The molecule has 0 amide bonds. The minimum Gasteiger partial charge on any atom is -0.370 e. The molecule has 0 aliphatic carbocycles. The molecule has 1 atom stereocenters. The topological polar surface area (TPSA) is 15.3 Å². The fourth-order valence-corrected chi connectivity index (χ4v) is 2.88. The highest BCUT2D eigenvalue weighted by Gasteiger charge is 2.21. The van der Waals surface area contributed by atoms with Gasteiger partial charge in [-0.3, -0.25) is 0 Å². The molecule has 1 unspecified atom stereocenters. The van der Waals surface area contributed by atoms with Crippen molar-refractivity contribution >= 4 is 16.5 Å². The van der Waals surface area contributed by atoms with Crippen molar-refractivity contribution < 1.29 is 0 Å². The third-order valence-electron chi connectivity index (χ3n) is 3.97. The Balaban J connectivity index is 1.74. The zero-order valence-electron chi connectivity index (χ0n) is 11.6. The van der Waals surface area contributed by atoms with Gasteiger partial charge in [0.05, 0.1) is 0 Å². The number of benzene rings is 2. The van der Waals surface area contributed by atoms with Crippen molar-refractivity contribution in [2.24, 2.45) is 0 Å². The molecule has 100 valence electrons. The summed E-state index contributed by atoms with van der Waals surface area (Å²) >= 11 is 0. The summed E-state index contributed by atoms with van der Waals surface area (Å²) in [6, 6.07) is 16.0. The van der Waals surface area contributed by atoms with Gasteiger partial charge in [0.25, 0.3) is 0 Å². The first-order valence-electron chi connectivity index (χ1n) is 7.34. The van der Waals surface area contributed by atoms with Gasteiger partial charge in [-0.15, -0.1) is 0 Å². The summed E-state index contributed by atoms with van der Waals surface area (Å²) in [5, 5.41) is 6.29. The van der Waals surface area contributed by atoms with E-state index in [9.17, 15) is 0 Å². The second-order valence-electron chi connectivity index (χ2n) is 5.42. The Hall–Kier alpha value is -1.54. The van der Waals surface area contributed by atoms with Gasteiger partial charge in [0.2, 0.25) is 0 Å². The van der Waals surface area contributed by atoms with E-state index in [1.54, 1.807) is 0 Å². The molecular weight excluding hydrogens is 232 g/mol. The van der Waals surface area contributed by atoms with E-state index in [1.807, 2.05) is 0 Å². The highest BCUT2D eigenvalue weighted by molar-refractivity contribution is 5.85. The van der Waals surface area contributed by atoms with E-state index in [1.165, 1.54) is 35.8 Å². The van der Waals surface area contributed by atoms with E-state index in [4.69, 9.17) is 0 Å². The van der Waals surface area contributed by atoms with Crippen LogP contribution in [0.1, 0.15) is 19.8 Å². The van der Waals surface area contributed by atoms with Crippen LogP contribution in [0, 0.1) is 0 Å². The molecule has 1 saturated heterocycles. The molecule has 2 nitrogen and oxygen atoms in total. The summed E-state index contributed by atoms with van der Waals surface area (Å²) in [4.78, 5) is 2.50. The first kappa shape index (κ1) is 12.5. The second kappa shape index (κ2) is 5.62. The van der Waals surface area contributed by atoms with Crippen molar-refractivity contribution in [1.82, 2.24) is 5.32 Å². The van der Waals surface area contributed by atoms with Crippen molar-refractivity contribution in [3.05, 3.63) is 42.5 Å². The maximum absolute atomic E-state index is 3.63. The summed E-state index contributed by atoms with van der Waals surface area (Å²) < 4.78 is 0. The Morgan fingerprint density at radius 1 is 1.16 bits per heavy atom. The molecule has 1 N–H and O–H groups in total. The first-order chi connectivity index (χ1) is 9.36. The fourth-order valence-electron chi connectivity index (χ4n) is 2.88. The van der Waals surface area contributed by atoms with Crippen molar-refractivity contribution in [1.29, 1.82) is 0 Å². The quantitative estimate of drug-likeness (QED) is 0.899.